The van der Waals surface area contributed by atoms with E-state index >= 15 is 0 Å². The minimum absolute atomic E-state index is 0.108. The second kappa shape index (κ2) is 7.63. The standard InChI is InChI=1S/C15H20N2O5/c1-21-13-8-7-12(17(19)20)9-14(13)22-10-15(18)16-11-5-3-2-4-6-11/h7-9,11H,2-6,10H2,1H3,(H,16,18). The smallest absolute Gasteiger partial charge is 0.273 e. The first kappa shape index (κ1) is 16.1. The van der Waals surface area contributed by atoms with Crippen LogP contribution in [0.15, 0.2) is 18.2 Å². The number of nitrogens with one attached hydrogen (secondary N) is 1. The zero-order chi connectivity index (χ0) is 15.9. The van der Waals surface area contributed by atoms with Crippen LogP contribution in [-0.2, 0) is 4.79 Å². The lowest BCUT2D eigenvalue weighted by molar-refractivity contribution is -0.385. The third kappa shape index (κ3) is 4.34. The van der Waals surface area contributed by atoms with Crippen LogP contribution in [0.1, 0.15) is 32.1 Å². The number of benzene rings is 1. The van der Waals surface area contributed by atoms with Crippen molar-refractivity contribution < 1.29 is 19.2 Å². The Hall–Kier alpha value is -2.31. The van der Waals surface area contributed by atoms with E-state index in [1.54, 1.807) is 0 Å². The number of hydrogen-bond acceptors (Lipinski definition) is 5. The number of non-ortho nitro benzene ring substituents is 1. The number of amides is 1. The molecule has 1 aliphatic rings. The minimum atomic E-state index is -0.519. The van der Waals surface area contributed by atoms with Crippen molar-refractivity contribution in [2.45, 2.75) is 38.1 Å². The van der Waals surface area contributed by atoms with Crippen molar-refractivity contribution in [3.8, 4) is 11.5 Å². The topological polar surface area (TPSA) is 90.7 Å². The summed E-state index contributed by atoms with van der Waals surface area (Å²) < 4.78 is 10.5. The average Bonchev–Trinajstić information content (AvgIpc) is 2.53. The number of carbonyl (C=O) groups excluding carboxylic acids is 1. The zero-order valence-corrected chi connectivity index (χ0v) is 12.5. The Morgan fingerprint density at radius 2 is 2.05 bits per heavy atom. The highest BCUT2D eigenvalue weighted by Gasteiger charge is 2.17. The first-order chi connectivity index (χ1) is 10.6. The third-order valence-corrected chi connectivity index (χ3v) is 3.69. The van der Waals surface area contributed by atoms with Gasteiger partial charge in [-0.2, -0.15) is 0 Å². The predicted octanol–water partition coefficient (Wildman–Crippen LogP) is 2.43. The molecule has 1 saturated carbocycles. The van der Waals surface area contributed by atoms with Crippen molar-refractivity contribution in [1.82, 2.24) is 5.32 Å². The van der Waals surface area contributed by atoms with Crippen molar-refractivity contribution in [1.29, 1.82) is 0 Å². The van der Waals surface area contributed by atoms with E-state index in [1.807, 2.05) is 0 Å². The summed E-state index contributed by atoms with van der Waals surface area (Å²) >= 11 is 0. The number of hydrogen-bond donors (Lipinski definition) is 1. The normalized spacial score (nSPS) is 15.1. The van der Waals surface area contributed by atoms with Gasteiger partial charge in [0, 0.05) is 12.1 Å². The maximum Gasteiger partial charge on any atom is 0.273 e. The molecule has 1 aromatic carbocycles. The van der Waals surface area contributed by atoms with Gasteiger partial charge in [-0.05, 0) is 18.9 Å². The highest BCUT2D eigenvalue weighted by Crippen LogP contribution is 2.31. The van der Waals surface area contributed by atoms with Crippen molar-refractivity contribution in [3.05, 3.63) is 28.3 Å². The van der Waals surface area contributed by atoms with Crippen LogP contribution in [-0.4, -0.2) is 30.6 Å². The van der Waals surface area contributed by atoms with Crippen LogP contribution in [0.3, 0.4) is 0 Å². The second-order valence-electron chi connectivity index (χ2n) is 5.28. The molecule has 0 saturated heterocycles. The van der Waals surface area contributed by atoms with Gasteiger partial charge in [-0.1, -0.05) is 19.3 Å². The predicted molar refractivity (Wildman–Crippen MR) is 80.2 cm³/mol. The first-order valence-corrected chi connectivity index (χ1v) is 7.34. The molecule has 0 bridgehead atoms. The Morgan fingerprint density at radius 1 is 1.32 bits per heavy atom. The van der Waals surface area contributed by atoms with Gasteiger partial charge in [0.15, 0.2) is 18.1 Å². The highest BCUT2D eigenvalue weighted by atomic mass is 16.6. The van der Waals surface area contributed by atoms with Gasteiger partial charge in [0.2, 0.25) is 0 Å². The number of carbonyl (C=O) groups is 1. The Kier molecular flexibility index (Phi) is 5.57. The summed E-state index contributed by atoms with van der Waals surface area (Å²) in [7, 11) is 1.44. The van der Waals surface area contributed by atoms with E-state index in [9.17, 15) is 14.9 Å². The van der Waals surface area contributed by atoms with Crippen LogP contribution < -0.4 is 14.8 Å². The van der Waals surface area contributed by atoms with Gasteiger partial charge in [-0.15, -0.1) is 0 Å². The van der Waals surface area contributed by atoms with E-state index in [1.165, 1.54) is 31.7 Å². The van der Waals surface area contributed by atoms with Gasteiger partial charge in [0.1, 0.15) is 0 Å². The summed E-state index contributed by atoms with van der Waals surface area (Å²) in [5.41, 5.74) is -0.108. The summed E-state index contributed by atoms with van der Waals surface area (Å²) in [6.45, 7) is -0.186. The molecule has 7 heteroatoms. The maximum atomic E-state index is 11.9. The van der Waals surface area contributed by atoms with Gasteiger partial charge in [-0.3, -0.25) is 14.9 Å². The van der Waals surface area contributed by atoms with Crippen molar-refractivity contribution in [2.75, 3.05) is 13.7 Å². The van der Waals surface area contributed by atoms with Crippen molar-refractivity contribution >= 4 is 11.6 Å². The van der Waals surface area contributed by atoms with Crippen LogP contribution in [0.2, 0.25) is 0 Å². The largest absolute Gasteiger partial charge is 0.493 e. The van der Waals surface area contributed by atoms with Gasteiger partial charge >= 0.3 is 0 Å². The molecule has 1 fully saturated rings. The Labute approximate surface area is 128 Å². The van der Waals surface area contributed by atoms with E-state index < -0.39 is 4.92 Å². The Bertz CT molecular complexity index is 541. The average molecular weight is 308 g/mol. The van der Waals surface area contributed by atoms with Crippen LogP contribution in [0.4, 0.5) is 5.69 Å². The molecule has 1 aliphatic carbocycles. The lowest BCUT2D eigenvalue weighted by atomic mass is 9.95. The summed E-state index contributed by atoms with van der Waals surface area (Å²) in [5, 5.41) is 13.7. The van der Waals surface area contributed by atoms with E-state index in [2.05, 4.69) is 5.32 Å². The number of nitro groups is 1. The second-order valence-corrected chi connectivity index (χ2v) is 5.28. The third-order valence-electron chi connectivity index (χ3n) is 3.69. The SMILES string of the molecule is COc1ccc([N+](=O)[O-])cc1OCC(=O)NC1CCCCC1. The van der Waals surface area contributed by atoms with Gasteiger partial charge in [0.25, 0.3) is 11.6 Å². The maximum absolute atomic E-state index is 11.9. The van der Waals surface area contributed by atoms with Crippen LogP contribution in [0.5, 0.6) is 11.5 Å². The Morgan fingerprint density at radius 3 is 2.68 bits per heavy atom. The van der Waals surface area contributed by atoms with Gasteiger partial charge in [0.05, 0.1) is 18.1 Å². The molecule has 7 nitrogen and oxygen atoms in total. The molecule has 1 aromatic rings. The van der Waals surface area contributed by atoms with Gasteiger partial charge in [-0.25, -0.2) is 0 Å². The number of nitro benzene ring substituents is 1. The lowest BCUT2D eigenvalue weighted by Gasteiger charge is -2.22. The minimum Gasteiger partial charge on any atom is -0.493 e. The fraction of sp³-hybridized carbons (Fsp3) is 0.533. The molecule has 0 atom stereocenters. The molecule has 0 radical (unpaired) electrons. The summed E-state index contributed by atoms with van der Waals surface area (Å²) in [5.74, 6) is 0.326. The first-order valence-electron chi connectivity index (χ1n) is 7.34. The fourth-order valence-corrected chi connectivity index (χ4v) is 2.55. The quantitative estimate of drug-likeness (QED) is 0.644. The molecular formula is C15H20N2O5. The van der Waals surface area contributed by atoms with Crippen molar-refractivity contribution in [3.63, 3.8) is 0 Å². The Balaban J connectivity index is 1.93. The molecule has 0 spiro atoms. The number of methoxy groups -OCH3 is 1. The van der Waals surface area contributed by atoms with Crippen LogP contribution in [0, 0.1) is 10.1 Å². The van der Waals surface area contributed by atoms with Crippen LogP contribution in [0.25, 0.3) is 0 Å². The molecule has 0 unspecified atom stereocenters. The summed E-state index contributed by atoms with van der Waals surface area (Å²) in [4.78, 5) is 22.2. The number of nitrogens with zero attached hydrogens (tertiary/aromatic N) is 1. The molecular weight excluding hydrogens is 288 g/mol. The van der Waals surface area contributed by atoms with E-state index in [0.29, 0.717) is 5.75 Å². The van der Waals surface area contributed by atoms with E-state index in [0.717, 1.165) is 25.7 Å². The molecule has 1 N–H and O–H groups in total. The van der Waals surface area contributed by atoms with E-state index in [-0.39, 0.29) is 30.0 Å². The van der Waals surface area contributed by atoms with Crippen molar-refractivity contribution in [2.24, 2.45) is 0 Å². The molecule has 2 rings (SSSR count). The molecule has 0 heterocycles. The number of ether oxygens (including phenoxy) is 2. The zero-order valence-electron chi connectivity index (χ0n) is 12.5. The monoisotopic (exact) mass is 308 g/mol. The lowest BCUT2D eigenvalue weighted by Crippen LogP contribution is -2.39. The summed E-state index contributed by atoms with van der Waals surface area (Å²) in [6, 6.07) is 4.24. The van der Waals surface area contributed by atoms with Gasteiger partial charge < -0.3 is 14.8 Å². The highest BCUT2D eigenvalue weighted by molar-refractivity contribution is 5.78. The molecule has 22 heavy (non-hydrogen) atoms. The summed E-state index contributed by atoms with van der Waals surface area (Å²) in [6.07, 6.45) is 5.46. The molecule has 1 amide bonds. The molecule has 0 aliphatic heterocycles. The van der Waals surface area contributed by atoms with Crippen LogP contribution >= 0.6 is 0 Å². The van der Waals surface area contributed by atoms with E-state index in [4.69, 9.17) is 9.47 Å². The molecule has 0 aromatic heterocycles. The molecule has 120 valence electrons. The fourth-order valence-electron chi connectivity index (χ4n) is 2.55. The number of rotatable bonds is 6.